The van der Waals surface area contributed by atoms with Crippen LogP contribution < -0.4 is 4.89 Å². The van der Waals surface area contributed by atoms with E-state index in [0.29, 0.717) is 17.4 Å². The lowest BCUT2D eigenvalue weighted by Gasteiger charge is -2.28. The van der Waals surface area contributed by atoms with Crippen molar-refractivity contribution in [1.82, 2.24) is 0 Å². The van der Waals surface area contributed by atoms with Gasteiger partial charge in [0.25, 0.3) is 7.82 Å². The monoisotopic (exact) mass is 806 g/mol. The largest absolute Gasteiger partial charge is 0.756 e. The van der Waals surface area contributed by atoms with Gasteiger partial charge < -0.3 is 33.0 Å². The van der Waals surface area contributed by atoms with Crippen LogP contribution in [0.3, 0.4) is 0 Å². The maximum Gasteiger partial charge on any atom is 0.306 e. The Morgan fingerprint density at radius 2 is 0.945 bits per heavy atom. The Bertz CT molecular complexity index is 929. The first-order chi connectivity index (χ1) is 26.4. The molecule has 0 heterocycles. The van der Waals surface area contributed by atoms with Gasteiger partial charge in [-0.3, -0.25) is 14.2 Å². The number of esters is 2. The Balaban J connectivity index is 4.33. The summed E-state index contributed by atoms with van der Waals surface area (Å²) in [6.45, 7) is 4.15. The van der Waals surface area contributed by atoms with E-state index in [1.165, 1.54) is 96.3 Å². The molecule has 3 unspecified atom stereocenters. The molecule has 0 rings (SSSR count). The van der Waals surface area contributed by atoms with Crippen molar-refractivity contribution in [2.24, 2.45) is 0 Å². The van der Waals surface area contributed by atoms with Gasteiger partial charge in [0.1, 0.15) is 19.8 Å². The predicted octanol–water partition coefficient (Wildman–Crippen LogP) is 11.1. The molecular weight excluding hydrogens is 717 g/mol. The zero-order valence-corrected chi connectivity index (χ0v) is 37.4. The summed E-state index contributed by atoms with van der Waals surface area (Å²) in [5.41, 5.74) is 0. The van der Waals surface area contributed by atoms with Crippen LogP contribution in [0.15, 0.2) is 0 Å². The molecule has 0 amide bonds. The minimum Gasteiger partial charge on any atom is -0.756 e. The fourth-order valence-electron chi connectivity index (χ4n) is 6.56. The number of phosphoric ester groups is 1. The van der Waals surface area contributed by atoms with Crippen molar-refractivity contribution in [3.05, 3.63) is 0 Å². The van der Waals surface area contributed by atoms with Gasteiger partial charge in [-0.2, -0.15) is 0 Å². The molecular formula is C44H88NO9P. The number of carbonyl (C=O) groups excluding carboxylic acids is 2. The molecule has 0 aliphatic carbocycles. The van der Waals surface area contributed by atoms with Gasteiger partial charge in [-0.15, -0.1) is 0 Å². The second-order valence-electron chi connectivity index (χ2n) is 17.0. The van der Waals surface area contributed by atoms with Gasteiger partial charge in [-0.25, -0.2) is 0 Å². The molecule has 0 saturated carbocycles. The van der Waals surface area contributed by atoms with E-state index in [2.05, 4.69) is 13.8 Å². The predicted molar refractivity (Wildman–Crippen MR) is 224 cm³/mol. The second-order valence-corrected chi connectivity index (χ2v) is 18.4. The summed E-state index contributed by atoms with van der Waals surface area (Å²) in [5, 5.41) is 10.1. The number of nitrogens with zero attached hydrogens (tertiary/aromatic N) is 1. The SMILES string of the molecule is CCCCCCCCCCCCCCCCCC(=O)OCC(COP(=O)([O-])OCC[N+](C)(C)C)OC(=O)CCCCCCCCCCC(O)CCCCCC. The number of unbranched alkanes of at least 4 members (excludes halogenated alkanes) is 24. The van der Waals surface area contributed by atoms with Crippen LogP contribution in [0.1, 0.15) is 213 Å². The summed E-state index contributed by atoms with van der Waals surface area (Å²) < 4.78 is 33.9. The van der Waals surface area contributed by atoms with Crippen LogP contribution in [-0.4, -0.2) is 81.2 Å². The molecule has 0 bridgehead atoms. The molecule has 0 spiro atoms. The third-order valence-electron chi connectivity index (χ3n) is 10.2. The van der Waals surface area contributed by atoms with Gasteiger partial charge in [-0.1, -0.05) is 174 Å². The summed E-state index contributed by atoms with van der Waals surface area (Å²) in [4.78, 5) is 37.5. The molecule has 0 radical (unpaired) electrons. The molecule has 0 saturated heterocycles. The average Bonchev–Trinajstić information content (AvgIpc) is 3.13. The van der Waals surface area contributed by atoms with Crippen LogP contribution in [-0.2, 0) is 32.7 Å². The normalized spacial score (nSPS) is 14.1. The van der Waals surface area contributed by atoms with E-state index in [9.17, 15) is 24.2 Å². The summed E-state index contributed by atoms with van der Waals surface area (Å²) >= 11 is 0. The molecule has 10 nitrogen and oxygen atoms in total. The molecule has 0 aliphatic heterocycles. The molecule has 0 aromatic carbocycles. The summed E-state index contributed by atoms with van der Waals surface area (Å²) in [7, 11) is 1.15. The topological polar surface area (TPSA) is 131 Å². The number of rotatable bonds is 42. The van der Waals surface area contributed by atoms with Gasteiger partial charge in [0.2, 0.25) is 0 Å². The van der Waals surface area contributed by atoms with Gasteiger partial charge >= 0.3 is 11.9 Å². The standard InChI is InChI=1S/C44H88NO9P/c1-6-8-10-12-13-14-15-16-17-18-19-20-24-27-31-35-43(47)51-39-42(40-53-55(49,50)52-38-37-45(3,4)5)54-44(48)36-32-28-25-22-21-23-26-30-34-41(46)33-29-11-9-7-2/h41-42,46H,6-40H2,1-5H3. The summed E-state index contributed by atoms with van der Waals surface area (Å²) in [6, 6.07) is 0. The van der Waals surface area contributed by atoms with E-state index in [0.717, 1.165) is 83.5 Å². The molecule has 55 heavy (non-hydrogen) atoms. The van der Waals surface area contributed by atoms with Gasteiger partial charge in [0.15, 0.2) is 6.10 Å². The van der Waals surface area contributed by atoms with E-state index in [1.807, 2.05) is 21.1 Å². The fourth-order valence-corrected chi connectivity index (χ4v) is 7.29. The number of aliphatic hydroxyl groups is 1. The molecule has 0 fully saturated rings. The van der Waals surface area contributed by atoms with Crippen LogP contribution in [0, 0.1) is 0 Å². The van der Waals surface area contributed by atoms with Crippen molar-refractivity contribution in [2.75, 3.05) is 47.5 Å². The van der Waals surface area contributed by atoms with Crippen molar-refractivity contribution >= 4 is 19.8 Å². The van der Waals surface area contributed by atoms with E-state index >= 15 is 0 Å². The molecule has 0 aliphatic rings. The van der Waals surface area contributed by atoms with Gasteiger partial charge in [0.05, 0.1) is 33.9 Å². The maximum atomic E-state index is 12.7. The number of ether oxygens (including phenoxy) is 2. The van der Waals surface area contributed by atoms with Crippen LogP contribution in [0.2, 0.25) is 0 Å². The van der Waals surface area contributed by atoms with Crippen molar-refractivity contribution in [3.8, 4) is 0 Å². The van der Waals surface area contributed by atoms with Crippen molar-refractivity contribution in [2.45, 2.75) is 225 Å². The Labute approximate surface area is 338 Å². The zero-order valence-electron chi connectivity index (χ0n) is 36.5. The highest BCUT2D eigenvalue weighted by molar-refractivity contribution is 7.45. The first kappa shape index (κ1) is 54.0. The lowest BCUT2D eigenvalue weighted by atomic mass is 10.0. The number of hydrogen-bond donors (Lipinski definition) is 1. The van der Waals surface area contributed by atoms with E-state index in [-0.39, 0.29) is 38.1 Å². The minimum absolute atomic E-state index is 0.0364. The van der Waals surface area contributed by atoms with Crippen molar-refractivity contribution in [1.29, 1.82) is 0 Å². The number of phosphoric acid groups is 1. The fraction of sp³-hybridized carbons (Fsp3) is 0.955. The molecule has 1 N–H and O–H groups in total. The number of aliphatic hydroxyl groups excluding tert-OH is 1. The van der Waals surface area contributed by atoms with Crippen molar-refractivity contribution in [3.63, 3.8) is 0 Å². The highest BCUT2D eigenvalue weighted by Gasteiger charge is 2.21. The third kappa shape index (κ3) is 40.9. The number of carbonyl (C=O) groups is 2. The minimum atomic E-state index is -4.63. The highest BCUT2D eigenvalue weighted by atomic mass is 31.2. The molecule has 0 aromatic heterocycles. The van der Waals surface area contributed by atoms with Gasteiger partial charge in [0, 0.05) is 12.8 Å². The highest BCUT2D eigenvalue weighted by Crippen LogP contribution is 2.38. The van der Waals surface area contributed by atoms with E-state index in [4.69, 9.17) is 18.5 Å². The lowest BCUT2D eigenvalue weighted by molar-refractivity contribution is -0.870. The first-order valence-corrected chi connectivity index (χ1v) is 24.3. The van der Waals surface area contributed by atoms with E-state index in [1.54, 1.807) is 0 Å². The first-order valence-electron chi connectivity index (χ1n) is 22.8. The smallest absolute Gasteiger partial charge is 0.306 e. The maximum absolute atomic E-state index is 12.7. The van der Waals surface area contributed by atoms with Crippen LogP contribution in [0.25, 0.3) is 0 Å². The molecule has 0 aromatic rings. The number of hydrogen-bond acceptors (Lipinski definition) is 9. The molecule has 11 heteroatoms. The molecule has 328 valence electrons. The summed E-state index contributed by atoms with van der Waals surface area (Å²) in [6.07, 6.45) is 32.8. The van der Waals surface area contributed by atoms with Crippen molar-refractivity contribution < 1.29 is 47.2 Å². The zero-order chi connectivity index (χ0) is 40.9. The van der Waals surface area contributed by atoms with Crippen LogP contribution in [0.5, 0.6) is 0 Å². The Morgan fingerprint density at radius 1 is 0.564 bits per heavy atom. The number of quaternary nitrogens is 1. The van der Waals surface area contributed by atoms with Gasteiger partial charge in [-0.05, 0) is 25.7 Å². The van der Waals surface area contributed by atoms with Crippen LogP contribution >= 0.6 is 7.82 Å². The Kier molecular flexibility index (Phi) is 36.6. The number of likely N-dealkylation sites (N-methyl/N-ethyl adjacent to an activating group) is 1. The lowest BCUT2D eigenvalue weighted by Crippen LogP contribution is -2.37. The summed E-state index contributed by atoms with van der Waals surface area (Å²) in [5.74, 6) is -0.856. The second kappa shape index (κ2) is 37.3. The average molecular weight is 806 g/mol. The Morgan fingerprint density at radius 3 is 1.38 bits per heavy atom. The van der Waals surface area contributed by atoms with E-state index < -0.39 is 26.5 Å². The Hall–Kier alpha value is -1.03. The third-order valence-corrected chi connectivity index (χ3v) is 11.2. The van der Waals surface area contributed by atoms with Crippen LogP contribution in [0.4, 0.5) is 0 Å². The quantitative estimate of drug-likeness (QED) is 0.0277. The molecule has 3 atom stereocenters.